The van der Waals surface area contributed by atoms with E-state index in [0.29, 0.717) is 0 Å². The molecule has 0 atom stereocenters. The van der Waals surface area contributed by atoms with Crippen molar-refractivity contribution in [1.82, 2.24) is 4.57 Å². The molecule has 0 bridgehead atoms. The number of rotatable bonds is 2. The van der Waals surface area contributed by atoms with E-state index in [2.05, 4.69) is 5.32 Å². The van der Waals surface area contributed by atoms with Gasteiger partial charge >= 0.3 is 0 Å². The maximum absolute atomic E-state index is 11.3. The third kappa shape index (κ3) is 2.86. The minimum atomic E-state index is -0.372. The van der Waals surface area contributed by atoms with E-state index in [4.69, 9.17) is 5.73 Å². The summed E-state index contributed by atoms with van der Waals surface area (Å²) in [5.74, 6) is -0.372. The molecule has 0 spiro atoms. The number of carbonyl (C=O) groups is 1. The molecule has 0 aliphatic heterocycles. The van der Waals surface area contributed by atoms with Crippen molar-refractivity contribution in [3.05, 3.63) is 28.7 Å². The van der Waals surface area contributed by atoms with Crippen molar-refractivity contribution >= 4 is 24.0 Å². The average Bonchev–Trinajstić information content (AvgIpc) is 2.13. The summed E-state index contributed by atoms with van der Waals surface area (Å²) in [6.45, 7) is -0.127. The zero-order valence-corrected chi connectivity index (χ0v) is 8.50. The van der Waals surface area contributed by atoms with Crippen LogP contribution in [-0.2, 0) is 11.8 Å². The van der Waals surface area contributed by atoms with Crippen molar-refractivity contribution in [3.8, 4) is 0 Å². The smallest absolute Gasteiger partial charge is 0.274 e. The molecule has 78 valence electrons. The lowest BCUT2D eigenvalue weighted by Crippen LogP contribution is -2.27. The number of pyridine rings is 1. The average molecular weight is 218 g/mol. The Hall–Kier alpha value is -1.33. The fraction of sp³-hybridized carbons (Fsp3) is 0.250. The van der Waals surface area contributed by atoms with Crippen molar-refractivity contribution in [3.63, 3.8) is 0 Å². The predicted molar refractivity (Wildman–Crippen MR) is 56.6 cm³/mol. The van der Waals surface area contributed by atoms with Gasteiger partial charge in [-0.15, -0.1) is 12.4 Å². The van der Waals surface area contributed by atoms with Crippen molar-refractivity contribution in [2.45, 2.75) is 0 Å². The minimum absolute atomic E-state index is 0. The summed E-state index contributed by atoms with van der Waals surface area (Å²) < 4.78 is 1.38. The van der Waals surface area contributed by atoms with E-state index in [1.807, 2.05) is 0 Å². The van der Waals surface area contributed by atoms with Gasteiger partial charge in [-0.05, 0) is 12.1 Å². The predicted octanol–water partition coefficient (Wildman–Crippen LogP) is -0.296. The summed E-state index contributed by atoms with van der Waals surface area (Å²) in [7, 11) is 1.61. The Morgan fingerprint density at radius 2 is 2.29 bits per heavy atom. The Labute approximate surface area is 87.3 Å². The maximum Gasteiger partial charge on any atom is 0.274 e. The normalized spacial score (nSPS) is 9.00. The molecule has 0 saturated heterocycles. The summed E-state index contributed by atoms with van der Waals surface area (Å²) >= 11 is 0. The van der Waals surface area contributed by atoms with Gasteiger partial charge in [0.2, 0.25) is 5.91 Å². The standard InChI is InChI=1S/C8H11N3O2.ClH/c1-11-4-2-3-6(8(11)13)10-7(12)5-9;/h2-4H,5,9H2,1H3,(H,10,12);1H. The highest BCUT2D eigenvalue weighted by Crippen LogP contribution is 1.96. The van der Waals surface area contributed by atoms with Gasteiger partial charge < -0.3 is 15.6 Å². The molecule has 1 rings (SSSR count). The Balaban J connectivity index is 0.00000169. The lowest BCUT2D eigenvalue weighted by atomic mass is 10.4. The van der Waals surface area contributed by atoms with Crippen LogP contribution >= 0.6 is 12.4 Å². The van der Waals surface area contributed by atoms with E-state index < -0.39 is 0 Å². The molecule has 1 heterocycles. The molecule has 0 aliphatic carbocycles. The Bertz CT molecular complexity index is 375. The molecule has 14 heavy (non-hydrogen) atoms. The number of aryl methyl sites for hydroxylation is 1. The largest absolute Gasteiger partial charge is 0.322 e. The van der Waals surface area contributed by atoms with Gasteiger partial charge in [-0.25, -0.2) is 0 Å². The molecule has 0 radical (unpaired) electrons. The zero-order chi connectivity index (χ0) is 9.84. The fourth-order valence-corrected chi connectivity index (χ4v) is 0.894. The van der Waals surface area contributed by atoms with Crippen molar-refractivity contribution < 1.29 is 4.79 Å². The van der Waals surface area contributed by atoms with Crippen LogP contribution in [0, 0.1) is 0 Å². The molecule has 0 unspecified atom stereocenters. The molecule has 0 fully saturated rings. The zero-order valence-electron chi connectivity index (χ0n) is 7.69. The highest BCUT2D eigenvalue weighted by molar-refractivity contribution is 5.91. The van der Waals surface area contributed by atoms with Crippen molar-refractivity contribution in [2.75, 3.05) is 11.9 Å². The minimum Gasteiger partial charge on any atom is -0.322 e. The summed E-state index contributed by atoms with van der Waals surface area (Å²) in [6, 6.07) is 3.21. The van der Waals surface area contributed by atoms with Crippen molar-refractivity contribution in [1.29, 1.82) is 0 Å². The third-order valence-corrected chi connectivity index (χ3v) is 1.58. The van der Waals surface area contributed by atoms with Crippen LogP contribution in [0.3, 0.4) is 0 Å². The summed E-state index contributed by atoms with van der Waals surface area (Å²) in [5.41, 5.74) is 5.09. The topological polar surface area (TPSA) is 77.1 Å². The molecule has 1 aromatic rings. The Morgan fingerprint density at radius 1 is 1.64 bits per heavy atom. The van der Waals surface area contributed by atoms with Gasteiger partial charge in [-0.1, -0.05) is 0 Å². The molecule has 1 aromatic heterocycles. The number of nitrogens with one attached hydrogen (secondary N) is 1. The lowest BCUT2D eigenvalue weighted by molar-refractivity contribution is -0.114. The first-order valence-corrected chi connectivity index (χ1v) is 3.80. The molecule has 0 aromatic carbocycles. The molecule has 6 heteroatoms. The van der Waals surface area contributed by atoms with Gasteiger partial charge in [0, 0.05) is 13.2 Å². The number of aromatic nitrogens is 1. The Morgan fingerprint density at radius 3 is 2.86 bits per heavy atom. The molecule has 1 amide bonds. The number of hydrogen-bond acceptors (Lipinski definition) is 3. The third-order valence-electron chi connectivity index (χ3n) is 1.58. The van der Waals surface area contributed by atoms with E-state index in [9.17, 15) is 9.59 Å². The van der Waals surface area contributed by atoms with E-state index in [-0.39, 0.29) is 36.1 Å². The highest BCUT2D eigenvalue weighted by Gasteiger charge is 2.03. The van der Waals surface area contributed by atoms with Gasteiger partial charge in [0.05, 0.1) is 6.54 Å². The molecular formula is C8H12ClN3O2. The van der Waals surface area contributed by atoms with E-state index in [0.717, 1.165) is 0 Å². The van der Waals surface area contributed by atoms with Gasteiger partial charge in [-0.2, -0.15) is 0 Å². The first kappa shape index (κ1) is 12.7. The highest BCUT2D eigenvalue weighted by atomic mass is 35.5. The molecule has 3 N–H and O–H groups in total. The summed E-state index contributed by atoms with van der Waals surface area (Å²) in [4.78, 5) is 22.2. The molecule has 5 nitrogen and oxygen atoms in total. The van der Waals surface area contributed by atoms with Crippen LogP contribution < -0.4 is 16.6 Å². The Kier molecular flexibility index (Phi) is 4.90. The van der Waals surface area contributed by atoms with E-state index >= 15 is 0 Å². The van der Waals surface area contributed by atoms with E-state index in [1.54, 1.807) is 19.3 Å². The second kappa shape index (κ2) is 5.41. The fourth-order valence-electron chi connectivity index (χ4n) is 0.894. The lowest BCUT2D eigenvalue weighted by Gasteiger charge is -2.03. The number of amides is 1. The number of carbonyl (C=O) groups excluding carboxylic acids is 1. The van der Waals surface area contributed by atoms with E-state index in [1.165, 1.54) is 10.6 Å². The van der Waals surface area contributed by atoms with Gasteiger partial charge in [0.25, 0.3) is 5.56 Å². The van der Waals surface area contributed by atoms with Crippen LogP contribution in [0.25, 0.3) is 0 Å². The van der Waals surface area contributed by atoms with Crippen LogP contribution in [0.2, 0.25) is 0 Å². The van der Waals surface area contributed by atoms with Crippen molar-refractivity contribution in [2.24, 2.45) is 12.8 Å². The van der Waals surface area contributed by atoms with Gasteiger partial charge in [0.15, 0.2) is 0 Å². The second-order valence-corrected chi connectivity index (χ2v) is 2.59. The van der Waals surface area contributed by atoms with Gasteiger partial charge in [-0.3, -0.25) is 9.59 Å². The number of nitrogens with zero attached hydrogens (tertiary/aromatic N) is 1. The van der Waals surface area contributed by atoms with Crippen LogP contribution in [0.4, 0.5) is 5.69 Å². The number of halogens is 1. The van der Waals surface area contributed by atoms with Crippen LogP contribution in [-0.4, -0.2) is 17.0 Å². The maximum atomic E-state index is 11.3. The SMILES string of the molecule is Cl.Cn1cccc(NC(=O)CN)c1=O. The molecular weight excluding hydrogens is 206 g/mol. The van der Waals surface area contributed by atoms with Crippen LogP contribution in [0.5, 0.6) is 0 Å². The van der Waals surface area contributed by atoms with Crippen LogP contribution in [0.1, 0.15) is 0 Å². The van der Waals surface area contributed by atoms with Gasteiger partial charge in [0.1, 0.15) is 5.69 Å². The molecule has 0 aliphatic rings. The quantitative estimate of drug-likeness (QED) is 0.715. The monoisotopic (exact) mass is 217 g/mol. The number of nitrogens with two attached hydrogens (primary N) is 1. The molecule has 0 saturated carbocycles. The summed E-state index contributed by atoms with van der Waals surface area (Å²) in [5, 5.41) is 2.40. The number of hydrogen-bond donors (Lipinski definition) is 2. The summed E-state index contributed by atoms with van der Waals surface area (Å²) in [6.07, 6.45) is 1.61. The first-order chi connectivity index (χ1) is 6.15. The number of anilines is 1. The first-order valence-electron chi connectivity index (χ1n) is 3.80. The van der Waals surface area contributed by atoms with Crippen LogP contribution in [0.15, 0.2) is 23.1 Å². The second-order valence-electron chi connectivity index (χ2n) is 2.59.